The molecular weight excluding hydrogens is 350 g/mol. The van der Waals surface area contributed by atoms with Crippen LogP contribution in [0.3, 0.4) is 0 Å². The number of fused-ring (bicyclic) bond motifs is 1. The SMILES string of the molecule is C(=Cc1nc(-c2cccs2)cs1)c1ccc2c(c1)OCCO2.Cl. The van der Waals surface area contributed by atoms with E-state index in [9.17, 15) is 0 Å². The van der Waals surface area contributed by atoms with Crippen LogP contribution in [0.25, 0.3) is 22.7 Å². The fourth-order valence-corrected chi connectivity index (χ4v) is 3.70. The molecule has 0 bridgehead atoms. The van der Waals surface area contributed by atoms with Crippen molar-refractivity contribution in [2.75, 3.05) is 13.2 Å². The average Bonchev–Trinajstić information content (AvgIpc) is 3.24. The third kappa shape index (κ3) is 3.58. The molecule has 23 heavy (non-hydrogen) atoms. The maximum atomic E-state index is 5.60. The van der Waals surface area contributed by atoms with E-state index >= 15 is 0 Å². The molecule has 0 saturated carbocycles. The maximum absolute atomic E-state index is 5.60. The Morgan fingerprint density at radius 3 is 2.70 bits per heavy atom. The summed E-state index contributed by atoms with van der Waals surface area (Å²) >= 11 is 3.36. The summed E-state index contributed by atoms with van der Waals surface area (Å²) < 4.78 is 11.1. The number of benzene rings is 1. The van der Waals surface area contributed by atoms with Gasteiger partial charge in [0.1, 0.15) is 18.2 Å². The molecule has 1 aliphatic rings. The summed E-state index contributed by atoms with van der Waals surface area (Å²) in [5, 5.41) is 5.16. The van der Waals surface area contributed by atoms with Gasteiger partial charge in [0.05, 0.1) is 10.6 Å². The van der Waals surface area contributed by atoms with Gasteiger partial charge in [0, 0.05) is 5.38 Å². The zero-order chi connectivity index (χ0) is 14.8. The van der Waals surface area contributed by atoms with Crippen molar-refractivity contribution < 1.29 is 9.47 Å². The number of nitrogens with zero attached hydrogens (tertiary/aromatic N) is 1. The highest BCUT2D eigenvalue weighted by atomic mass is 35.5. The summed E-state index contributed by atoms with van der Waals surface area (Å²) in [6.45, 7) is 1.23. The largest absolute Gasteiger partial charge is 0.486 e. The number of aromatic nitrogens is 1. The Hall–Kier alpha value is -1.82. The molecule has 0 saturated heterocycles. The van der Waals surface area contributed by atoms with Gasteiger partial charge >= 0.3 is 0 Å². The molecule has 6 heteroatoms. The van der Waals surface area contributed by atoms with E-state index in [1.807, 2.05) is 30.3 Å². The molecule has 0 aliphatic carbocycles. The quantitative estimate of drug-likeness (QED) is 0.638. The molecule has 4 rings (SSSR count). The van der Waals surface area contributed by atoms with E-state index in [1.54, 1.807) is 22.7 Å². The second kappa shape index (κ2) is 7.17. The molecule has 0 unspecified atom stereocenters. The van der Waals surface area contributed by atoms with Crippen LogP contribution in [0.4, 0.5) is 0 Å². The average molecular weight is 364 g/mol. The van der Waals surface area contributed by atoms with Crippen molar-refractivity contribution in [3.63, 3.8) is 0 Å². The van der Waals surface area contributed by atoms with Crippen LogP contribution in [-0.2, 0) is 0 Å². The van der Waals surface area contributed by atoms with Crippen molar-refractivity contribution in [3.8, 4) is 22.1 Å². The minimum atomic E-state index is 0. The van der Waals surface area contributed by atoms with Crippen LogP contribution in [0.15, 0.2) is 41.1 Å². The predicted octanol–water partition coefficient (Wildman–Crippen LogP) is 5.24. The Morgan fingerprint density at radius 1 is 1.00 bits per heavy atom. The van der Waals surface area contributed by atoms with Crippen LogP contribution in [0, 0.1) is 0 Å². The number of halogens is 1. The van der Waals surface area contributed by atoms with E-state index in [-0.39, 0.29) is 12.4 Å². The van der Waals surface area contributed by atoms with Gasteiger partial charge in [-0.3, -0.25) is 0 Å². The Bertz CT molecular complexity index is 812. The van der Waals surface area contributed by atoms with Crippen molar-refractivity contribution in [1.29, 1.82) is 0 Å². The first kappa shape index (κ1) is 16.1. The fraction of sp³-hybridized carbons (Fsp3) is 0.118. The molecule has 3 aromatic rings. The number of ether oxygens (including phenoxy) is 2. The van der Waals surface area contributed by atoms with Crippen molar-refractivity contribution in [3.05, 3.63) is 51.7 Å². The third-order valence-corrected chi connectivity index (χ3v) is 4.98. The summed E-state index contributed by atoms with van der Waals surface area (Å²) in [5.41, 5.74) is 2.12. The number of hydrogen-bond acceptors (Lipinski definition) is 5. The molecule has 0 N–H and O–H groups in total. The van der Waals surface area contributed by atoms with E-state index in [0.717, 1.165) is 27.8 Å². The topological polar surface area (TPSA) is 31.4 Å². The van der Waals surface area contributed by atoms with E-state index in [1.165, 1.54) is 4.88 Å². The smallest absolute Gasteiger partial charge is 0.161 e. The van der Waals surface area contributed by atoms with Gasteiger partial charge in [0.15, 0.2) is 11.5 Å². The lowest BCUT2D eigenvalue weighted by Gasteiger charge is -2.18. The van der Waals surface area contributed by atoms with Gasteiger partial charge in [-0.05, 0) is 35.2 Å². The molecule has 2 aromatic heterocycles. The second-order valence-electron chi connectivity index (χ2n) is 4.78. The monoisotopic (exact) mass is 363 g/mol. The molecule has 1 aromatic carbocycles. The lowest BCUT2D eigenvalue weighted by Crippen LogP contribution is -2.15. The first-order valence-electron chi connectivity index (χ1n) is 6.96. The predicted molar refractivity (Wildman–Crippen MR) is 99.0 cm³/mol. The van der Waals surface area contributed by atoms with Gasteiger partial charge in [-0.1, -0.05) is 18.2 Å². The van der Waals surface area contributed by atoms with Crippen LogP contribution in [-0.4, -0.2) is 18.2 Å². The van der Waals surface area contributed by atoms with Gasteiger partial charge < -0.3 is 9.47 Å². The summed E-state index contributed by atoms with van der Waals surface area (Å²) in [4.78, 5) is 5.85. The highest BCUT2D eigenvalue weighted by molar-refractivity contribution is 7.14. The minimum absolute atomic E-state index is 0. The molecule has 0 radical (unpaired) electrons. The van der Waals surface area contributed by atoms with Crippen LogP contribution >= 0.6 is 35.1 Å². The molecule has 0 atom stereocenters. The van der Waals surface area contributed by atoms with Gasteiger partial charge in [0.25, 0.3) is 0 Å². The van der Waals surface area contributed by atoms with Crippen LogP contribution in [0.1, 0.15) is 10.6 Å². The fourth-order valence-electron chi connectivity index (χ4n) is 2.23. The van der Waals surface area contributed by atoms with Crippen molar-refractivity contribution in [2.45, 2.75) is 0 Å². The first-order chi connectivity index (χ1) is 10.9. The van der Waals surface area contributed by atoms with E-state index in [4.69, 9.17) is 9.47 Å². The van der Waals surface area contributed by atoms with Crippen molar-refractivity contribution >= 4 is 47.2 Å². The van der Waals surface area contributed by atoms with Gasteiger partial charge in [-0.15, -0.1) is 35.1 Å². The van der Waals surface area contributed by atoms with Crippen molar-refractivity contribution in [2.24, 2.45) is 0 Å². The van der Waals surface area contributed by atoms with E-state index < -0.39 is 0 Å². The van der Waals surface area contributed by atoms with E-state index in [2.05, 4.69) is 27.9 Å². The zero-order valence-corrected chi connectivity index (χ0v) is 14.5. The molecule has 0 fully saturated rings. The Morgan fingerprint density at radius 2 is 1.87 bits per heavy atom. The Kier molecular flexibility index (Phi) is 5.00. The molecular formula is C17H14ClNO2S2. The molecule has 118 valence electrons. The maximum Gasteiger partial charge on any atom is 0.161 e. The highest BCUT2D eigenvalue weighted by Crippen LogP contribution is 2.31. The standard InChI is InChI=1S/C17H13NO2S2.ClH/c1-2-16(21-9-1)13-11-22-17(18-13)6-4-12-3-5-14-15(10-12)20-8-7-19-14;/h1-6,9-11H,7-8H2;1H. The molecule has 3 heterocycles. The first-order valence-corrected chi connectivity index (χ1v) is 8.71. The lowest BCUT2D eigenvalue weighted by molar-refractivity contribution is 0.171. The summed E-state index contributed by atoms with van der Waals surface area (Å²) in [5.74, 6) is 1.63. The van der Waals surface area contributed by atoms with Crippen LogP contribution in [0.5, 0.6) is 11.5 Å². The molecule has 0 spiro atoms. The number of thiophene rings is 1. The van der Waals surface area contributed by atoms with Gasteiger partial charge in [0.2, 0.25) is 0 Å². The summed E-state index contributed by atoms with van der Waals surface area (Å²) in [6, 6.07) is 10.1. The third-order valence-electron chi connectivity index (χ3n) is 3.28. The van der Waals surface area contributed by atoms with Gasteiger partial charge in [-0.25, -0.2) is 4.98 Å². The van der Waals surface area contributed by atoms with Crippen LogP contribution in [0.2, 0.25) is 0 Å². The Balaban J connectivity index is 0.00000156. The summed E-state index contributed by atoms with van der Waals surface area (Å²) in [6.07, 6.45) is 4.09. The molecule has 3 nitrogen and oxygen atoms in total. The molecule has 0 amide bonds. The highest BCUT2D eigenvalue weighted by Gasteiger charge is 2.10. The normalized spacial score (nSPS) is 13.0. The lowest BCUT2D eigenvalue weighted by atomic mass is 10.2. The van der Waals surface area contributed by atoms with Gasteiger partial charge in [-0.2, -0.15) is 0 Å². The minimum Gasteiger partial charge on any atom is -0.486 e. The van der Waals surface area contributed by atoms with Crippen molar-refractivity contribution in [1.82, 2.24) is 4.98 Å². The molecule has 1 aliphatic heterocycles. The summed E-state index contributed by atoms with van der Waals surface area (Å²) in [7, 11) is 0. The Labute approximate surface area is 148 Å². The number of rotatable bonds is 3. The van der Waals surface area contributed by atoms with Crippen LogP contribution < -0.4 is 9.47 Å². The number of hydrogen-bond donors (Lipinski definition) is 0. The zero-order valence-electron chi connectivity index (χ0n) is 12.1. The number of thiazole rings is 1. The van der Waals surface area contributed by atoms with E-state index in [0.29, 0.717) is 13.2 Å². The second-order valence-corrected chi connectivity index (χ2v) is 6.62.